The summed E-state index contributed by atoms with van der Waals surface area (Å²) in [6.07, 6.45) is 1.51. The molecular weight excluding hydrogens is 230 g/mol. The van der Waals surface area contributed by atoms with Crippen LogP contribution in [0.25, 0.3) is 0 Å². The Kier molecular flexibility index (Phi) is 7.96. The maximum atomic E-state index is 11.8. The van der Waals surface area contributed by atoms with Crippen molar-refractivity contribution in [2.24, 2.45) is 0 Å². The number of amides is 1. The zero-order chi connectivity index (χ0) is 13.2. The lowest BCUT2D eigenvalue weighted by Gasteiger charge is -2.29. The van der Waals surface area contributed by atoms with Crippen molar-refractivity contribution in [1.29, 1.82) is 0 Å². The first-order valence-electron chi connectivity index (χ1n) is 6.98. The molecule has 1 rings (SSSR count). The predicted octanol–water partition coefficient (Wildman–Crippen LogP) is 0.167. The fourth-order valence-electron chi connectivity index (χ4n) is 1.95. The highest BCUT2D eigenvalue weighted by Gasteiger charge is 2.12. The molecule has 0 bridgehead atoms. The number of likely N-dealkylation sites (N-methyl/N-ethyl adjacent to an activating group) is 1. The molecule has 0 radical (unpaired) electrons. The third kappa shape index (κ3) is 6.33. The molecule has 1 aliphatic heterocycles. The van der Waals surface area contributed by atoms with E-state index in [0.717, 1.165) is 52.3 Å². The molecule has 0 saturated carbocycles. The van der Waals surface area contributed by atoms with Crippen molar-refractivity contribution in [3.05, 3.63) is 0 Å². The van der Waals surface area contributed by atoms with E-state index in [9.17, 15) is 4.79 Å². The Hall–Kier alpha value is -0.650. The molecular formula is C13H27N3O2. The molecule has 5 heteroatoms. The fraction of sp³-hybridized carbons (Fsp3) is 0.923. The van der Waals surface area contributed by atoms with Crippen LogP contribution in [-0.4, -0.2) is 75.2 Å². The first-order valence-corrected chi connectivity index (χ1v) is 6.98. The van der Waals surface area contributed by atoms with E-state index in [1.165, 1.54) is 0 Å². The minimum atomic E-state index is 0.182. The van der Waals surface area contributed by atoms with E-state index in [0.29, 0.717) is 13.0 Å². The van der Waals surface area contributed by atoms with Crippen molar-refractivity contribution in [2.75, 3.05) is 59.5 Å². The summed E-state index contributed by atoms with van der Waals surface area (Å²) in [5.41, 5.74) is 0. The van der Waals surface area contributed by atoms with E-state index in [1.807, 2.05) is 11.9 Å². The van der Waals surface area contributed by atoms with E-state index in [2.05, 4.69) is 17.1 Å². The lowest BCUT2D eigenvalue weighted by atomic mass is 10.3. The van der Waals surface area contributed by atoms with Crippen molar-refractivity contribution in [2.45, 2.75) is 19.8 Å². The lowest BCUT2D eigenvalue weighted by molar-refractivity contribution is -0.131. The molecule has 1 fully saturated rings. The average Bonchev–Trinajstić information content (AvgIpc) is 2.42. The summed E-state index contributed by atoms with van der Waals surface area (Å²) in [5.74, 6) is 0.182. The summed E-state index contributed by atoms with van der Waals surface area (Å²) < 4.78 is 5.33. The SMILES string of the molecule is CCCOCCC(=O)N(C)CCN1CCNCC1. The van der Waals surface area contributed by atoms with Crippen LogP contribution < -0.4 is 5.32 Å². The molecule has 0 unspecified atom stereocenters. The van der Waals surface area contributed by atoms with Crippen LogP contribution in [0.3, 0.4) is 0 Å². The molecule has 18 heavy (non-hydrogen) atoms. The molecule has 1 amide bonds. The van der Waals surface area contributed by atoms with Crippen LogP contribution in [0.1, 0.15) is 19.8 Å². The molecule has 0 atom stereocenters. The lowest BCUT2D eigenvalue weighted by Crippen LogP contribution is -2.46. The van der Waals surface area contributed by atoms with Crippen molar-refractivity contribution in [3.63, 3.8) is 0 Å². The van der Waals surface area contributed by atoms with Gasteiger partial charge in [-0.2, -0.15) is 0 Å². The van der Waals surface area contributed by atoms with Crippen molar-refractivity contribution < 1.29 is 9.53 Å². The van der Waals surface area contributed by atoms with Gasteiger partial charge in [-0.05, 0) is 6.42 Å². The maximum Gasteiger partial charge on any atom is 0.224 e. The Morgan fingerprint density at radius 2 is 2.06 bits per heavy atom. The van der Waals surface area contributed by atoms with E-state index < -0.39 is 0 Å². The van der Waals surface area contributed by atoms with E-state index >= 15 is 0 Å². The normalized spacial score (nSPS) is 16.8. The molecule has 0 spiro atoms. The summed E-state index contributed by atoms with van der Waals surface area (Å²) >= 11 is 0. The first kappa shape index (κ1) is 15.4. The monoisotopic (exact) mass is 257 g/mol. The van der Waals surface area contributed by atoms with Gasteiger partial charge in [0.2, 0.25) is 5.91 Å². The quantitative estimate of drug-likeness (QED) is 0.630. The van der Waals surface area contributed by atoms with Gasteiger partial charge in [0.25, 0.3) is 0 Å². The van der Waals surface area contributed by atoms with E-state index in [1.54, 1.807) is 0 Å². The first-order chi connectivity index (χ1) is 8.74. The number of carbonyl (C=O) groups excluding carboxylic acids is 1. The van der Waals surface area contributed by atoms with Crippen LogP contribution in [-0.2, 0) is 9.53 Å². The number of nitrogens with zero attached hydrogens (tertiary/aromatic N) is 2. The minimum absolute atomic E-state index is 0.182. The summed E-state index contributed by atoms with van der Waals surface area (Å²) in [6.45, 7) is 9.44. The number of piperazine rings is 1. The van der Waals surface area contributed by atoms with Crippen LogP contribution in [0.4, 0.5) is 0 Å². The van der Waals surface area contributed by atoms with E-state index in [4.69, 9.17) is 4.74 Å². The number of ether oxygens (including phenoxy) is 1. The van der Waals surface area contributed by atoms with Crippen molar-refractivity contribution >= 4 is 5.91 Å². The van der Waals surface area contributed by atoms with Crippen molar-refractivity contribution in [1.82, 2.24) is 15.1 Å². The number of hydrogen-bond donors (Lipinski definition) is 1. The second kappa shape index (κ2) is 9.30. The van der Waals surface area contributed by atoms with Gasteiger partial charge in [-0.1, -0.05) is 6.92 Å². The Morgan fingerprint density at radius 3 is 2.72 bits per heavy atom. The fourth-order valence-corrected chi connectivity index (χ4v) is 1.95. The van der Waals surface area contributed by atoms with Gasteiger partial charge in [0, 0.05) is 52.9 Å². The zero-order valence-corrected chi connectivity index (χ0v) is 11.8. The summed E-state index contributed by atoms with van der Waals surface area (Å²) in [6, 6.07) is 0. The largest absolute Gasteiger partial charge is 0.381 e. The summed E-state index contributed by atoms with van der Waals surface area (Å²) in [4.78, 5) is 16.0. The molecule has 1 N–H and O–H groups in total. The Labute approximate surface area is 110 Å². The third-order valence-electron chi connectivity index (χ3n) is 3.20. The Balaban J connectivity index is 2.07. The van der Waals surface area contributed by atoms with Gasteiger partial charge in [-0.25, -0.2) is 0 Å². The third-order valence-corrected chi connectivity index (χ3v) is 3.20. The molecule has 0 aliphatic carbocycles. The van der Waals surface area contributed by atoms with Crippen LogP contribution >= 0.6 is 0 Å². The highest BCUT2D eigenvalue weighted by molar-refractivity contribution is 5.75. The van der Waals surface area contributed by atoms with Crippen LogP contribution in [0.2, 0.25) is 0 Å². The molecule has 0 aromatic carbocycles. The van der Waals surface area contributed by atoms with Gasteiger partial charge < -0.3 is 15.0 Å². The molecule has 1 heterocycles. The molecule has 0 aromatic heterocycles. The van der Waals surface area contributed by atoms with Gasteiger partial charge in [0.15, 0.2) is 0 Å². The molecule has 1 saturated heterocycles. The number of nitrogens with one attached hydrogen (secondary N) is 1. The molecule has 106 valence electrons. The minimum Gasteiger partial charge on any atom is -0.381 e. The predicted molar refractivity (Wildman–Crippen MR) is 72.7 cm³/mol. The van der Waals surface area contributed by atoms with Gasteiger partial charge >= 0.3 is 0 Å². The smallest absolute Gasteiger partial charge is 0.224 e. The van der Waals surface area contributed by atoms with Gasteiger partial charge in [0.05, 0.1) is 13.0 Å². The highest BCUT2D eigenvalue weighted by atomic mass is 16.5. The Bertz CT molecular complexity index is 230. The summed E-state index contributed by atoms with van der Waals surface area (Å²) in [5, 5.41) is 3.33. The molecule has 0 aromatic rings. The topological polar surface area (TPSA) is 44.8 Å². The summed E-state index contributed by atoms with van der Waals surface area (Å²) in [7, 11) is 1.88. The maximum absolute atomic E-state index is 11.8. The standard InChI is InChI=1S/C13H27N3O2/c1-3-11-18-12-4-13(17)15(2)9-10-16-7-5-14-6-8-16/h14H,3-12H2,1-2H3. The van der Waals surface area contributed by atoms with Crippen LogP contribution in [0.15, 0.2) is 0 Å². The van der Waals surface area contributed by atoms with E-state index in [-0.39, 0.29) is 5.91 Å². The Morgan fingerprint density at radius 1 is 1.33 bits per heavy atom. The van der Waals surface area contributed by atoms with Crippen molar-refractivity contribution in [3.8, 4) is 0 Å². The van der Waals surface area contributed by atoms with Gasteiger partial charge in [-0.3, -0.25) is 9.69 Å². The number of carbonyl (C=O) groups is 1. The number of hydrogen-bond acceptors (Lipinski definition) is 4. The second-order valence-corrected chi connectivity index (χ2v) is 4.77. The molecule has 5 nitrogen and oxygen atoms in total. The van der Waals surface area contributed by atoms with Gasteiger partial charge in [-0.15, -0.1) is 0 Å². The zero-order valence-electron chi connectivity index (χ0n) is 11.8. The second-order valence-electron chi connectivity index (χ2n) is 4.77. The average molecular weight is 257 g/mol. The molecule has 1 aliphatic rings. The number of rotatable bonds is 8. The van der Waals surface area contributed by atoms with Crippen LogP contribution in [0.5, 0.6) is 0 Å². The van der Waals surface area contributed by atoms with Gasteiger partial charge in [0.1, 0.15) is 0 Å². The highest BCUT2D eigenvalue weighted by Crippen LogP contribution is 1.96. The van der Waals surface area contributed by atoms with Crippen LogP contribution in [0, 0.1) is 0 Å².